The van der Waals surface area contributed by atoms with Gasteiger partial charge in [-0.1, -0.05) is 58.4 Å². The van der Waals surface area contributed by atoms with Crippen molar-refractivity contribution >= 4 is 49.4 Å². The maximum Gasteiger partial charge on any atom is 0.217 e. The van der Waals surface area contributed by atoms with Gasteiger partial charge >= 0.3 is 0 Å². The summed E-state index contributed by atoms with van der Waals surface area (Å²) in [4.78, 5) is 6.94. The van der Waals surface area contributed by atoms with E-state index in [1.807, 2.05) is 68.7 Å². The number of nitrogens with zero attached hydrogens (tertiary/aromatic N) is 2. The molecule has 0 saturated heterocycles. The maximum atomic E-state index is 12.6. The lowest BCUT2D eigenvalue weighted by atomic mass is 9.71. The summed E-state index contributed by atoms with van der Waals surface area (Å²) in [5.41, 5.74) is 2.41. The second-order valence-corrected chi connectivity index (χ2v) is 10.9. The van der Waals surface area contributed by atoms with E-state index in [4.69, 9.17) is 9.72 Å². The molecule has 0 aliphatic carbocycles. The van der Waals surface area contributed by atoms with Gasteiger partial charge in [0.15, 0.2) is 0 Å². The van der Waals surface area contributed by atoms with Crippen molar-refractivity contribution < 1.29 is 9.84 Å². The fourth-order valence-corrected chi connectivity index (χ4v) is 5.20. The Kier molecular flexibility index (Phi) is 7.92. The summed E-state index contributed by atoms with van der Waals surface area (Å²) in [6.07, 6.45) is 0.541. The van der Waals surface area contributed by atoms with E-state index in [0.717, 1.165) is 42.2 Å². The molecule has 176 valence electrons. The van der Waals surface area contributed by atoms with E-state index in [1.54, 1.807) is 7.11 Å². The molecule has 34 heavy (non-hydrogen) atoms. The van der Waals surface area contributed by atoms with Crippen molar-refractivity contribution in [3.05, 3.63) is 104 Å². The SMILES string of the molecule is COc1nc2ccc(Br)cc2cc1[C@@H](c1ccccc1)[C@@](O)(CCN(C)C)c1ccc(I)cc1. The number of aromatic nitrogens is 1. The van der Waals surface area contributed by atoms with Crippen LogP contribution in [-0.4, -0.2) is 42.7 Å². The van der Waals surface area contributed by atoms with Crippen LogP contribution in [0.25, 0.3) is 10.9 Å². The molecule has 0 aliphatic heterocycles. The zero-order valence-corrected chi connectivity index (χ0v) is 23.2. The topological polar surface area (TPSA) is 45.6 Å². The van der Waals surface area contributed by atoms with Crippen LogP contribution in [0.4, 0.5) is 0 Å². The van der Waals surface area contributed by atoms with Crippen LogP contribution in [0, 0.1) is 3.57 Å². The third-order valence-corrected chi connectivity index (χ3v) is 7.38. The molecule has 0 amide bonds. The number of halogens is 2. The quantitative estimate of drug-likeness (QED) is 0.223. The lowest BCUT2D eigenvalue weighted by molar-refractivity contribution is 0.00379. The standard InChI is InChI=1S/C28H28BrIN2O2/c1-32(2)16-15-28(33,21-9-12-23(30)13-10-21)26(19-7-5-4-6-8-19)24-18-20-17-22(29)11-14-25(20)31-27(24)34-3/h4-14,17-18,26,33H,15-16H2,1-3H3/t26-,28-/m1/s1. The van der Waals surface area contributed by atoms with Gasteiger partial charge in [0.05, 0.1) is 12.6 Å². The largest absolute Gasteiger partial charge is 0.481 e. The van der Waals surface area contributed by atoms with Gasteiger partial charge in [-0.3, -0.25) is 0 Å². The summed E-state index contributed by atoms with van der Waals surface area (Å²) in [6.45, 7) is 0.723. The lowest BCUT2D eigenvalue weighted by Gasteiger charge is -2.39. The van der Waals surface area contributed by atoms with Crippen LogP contribution in [0.2, 0.25) is 0 Å². The Morgan fingerprint density at radius 2 is 1.74 bits per heavy atom. The summed E-state index contributed by atoms with van der Waals surface area (Å²) < 4.78 is 7.92. The molecule has 0 aliphatic rings. The molecule has 0 saturated carbocycles. The minimum absolute atomic E-state index is 0.389. The van der Waals surface area contributed by atoms with Crippen molar-refractivity contribution in [2.45, 2.75) is 17.9 Å². The molecule has 3 aromatic carbocycles. The first-order valence-corrected chi connectivity index (χ1v) is 13.0. The highest BCUT2D eigenvalue weighted by molar-refractivity contribution is 14.1. The number of aliphatic hydroxyl groups is 1. The molecule has 4 rings (SSSR count). The first-order chi connectivity index (χ1) is 16.3. The molecule has 1 N–H and O–H groups in total. The number of benzene rings is 3. The zero-order valence-electron chi connectivity index (χ0n) is 19.5. The molecule has 0 unspecified atom stereocenters. The molecule has 4 nitrogen and oxygen atoms in total. The number of ether oxygens (including phenoxy) is 1. The van der Waals surface area contributed by atoms with Crippen molar-refractivity contribution in [2.24, 2.45) is 0 Å². The molecule has 0 bridgehead atoms. The molecule has 0 radical (unpaired) electrons. The van der Waals surface area contributed by atoms with Crippen LogP contribution in [-0.2, 0) is 5.60 Å². The van der Waals surface area contributed by atoms with Gasteiger partial charge in [0.25, 0.3) is 0 Å². The number of hydrogen-bond acceptors (Lipinski definition) is 4. The highest BCUT2D eigenvalue weighted by Crippen LogP contribution is 2.47. The van der Waals surface area contributed by atoms with Crippen LogP contribution in [0.3, 0.4) is 0 Å². The third kappa shape index (κ3) is 5.30. The maximum absolute atomic E-state index is 12.6. The Bertz CT molecular complexity index is 1260. The van der Waals surface area contributed by atoms with Gasteiger partial charge in [-0.2, -0.15) is 0 Å². The van der Waals surface area contributed by atoms with Crippen LogP contribution in [0.15, 0.2) is 83.3 Å². The average Bonchev–Trinajstić information content (AvgIpc) is 2.83. The Morgan fingerprint density at radius 3 is 2.38 bits per heavy atom. The zero-order chi connectivity index (χ0) is 24.3. The molecular formula is C28H28BrIN2O2. The highest BCUT2D eigenvalue weighted by Gasteiger charge is 2.42. The molecule has 1 heterocycles. The number of fused-ring (bicyclic) bond motifs is 1. The van der Waals surface area contributed by atoms with Crippen molar-refractivity contribution in [3.63, 3.8) is 0 Å². The van der Waals surface area contributed by atoms with Gasteiger partial charge in [0.1, 0.15) is 5.60 Å². The summed E-state index contributed by atoms with van der Waals surface area (Å²) in [5.74, 6) is 0.136. The van der Waals surface area contributed by atoms with E-state index in [0.29, 0.717) is 12.3 Å². The number of pyridine rings is 1. The van der Waals surface area contributed by atoms with E-state index >= 15 is 0 Å². The molecule has 6 heteroatoms. The minimum atomic E-state index is -1.19. The Hall–Kier alpha value is -2.00. The Morgan fingerprint density at radius 1 is 1.03 bits per heavy atom. The van der Waals surface area contributed by atoms with E-state index in [2.05, 4.69) is 67.7 Å². The lowest BCUT2D eigenvalue weighted by Crippen LogP contribution is -2.37. The highest BCUT2D eigenvalue weighted by atomic mass is 127. The van der Waals surface area contributed by atoms with E-state index < -0.39 is 5.60 Å². The van der Waals surface area contributed by atoms with Crippen LogP contribution < -0.4 is 4.74 Å². The van der Waals surface area contributed by atoms with Crippen molar-refractivity contribution in [1.82, 2.24) is 9.88 Å². The third-order valence-electron chi connectivity index (χ3n) is 6.17. The van der Waals surface area contributed by atoms with Gasteiger partial charge in [-0.25, -0.2) is 4.98 Å². The number of hydrogen-bond donors (Lipinski definition) is 1. The van der Waals surface area contributed by atoms with E-state index in [-0.39, 0.29) is 5.92 Å². The van der Waals surface area contributed by atoms with Crippen molar-refractivity contribution in [3.8, 4) is 5.88 Å². The van der Waals surface area contributed by atoms with Gasteiger partial charge < -0.3 is 14.7 Å². The van der Waals surface area contributed by atoms with Crippen LogP contribution >= 0.6 is 38.5 Å². The smallest absolute Gasteiger partial charge is 0.217 e. The average molecular weight is 631 g/mol. The molecule has 2 atom stereocenters. The Balaban J connectivity index is 2.01. The normalized spacial score (nSPS) is 14.2. The molecule has 1 aromatic heterocycles. The van der Waals surface area contributed by atoms with Crippen molar-refractivity contribution in [1.29, 1.82) is 0 Å². The monoisotopic (exact) mass is 630 g/mol. The molecule has 4 aromatic rings. The van der Waals surface area contributed by atoms with Crippen molar-refractivity contribution in [2.75, 3.05) is 27.7 Å². The molecule has 0 spiro atoms. The second kappa shape index (κ2) is 10.7. The predicted molar refractivity (Wildman–Crippen MR) is 151 cm³/mol. The summed E-state index contributed by atoms with van der Waals surface area (Å²) in [5, 5.41) is 13.6. The molecule has 0 fully saturated rings. The first kappa shape index (κ1) is 25.1. The minimum Gasteiger partial charge on any atom is -0.481 e. The number of methoxy groups -OCH3 is 1. The van der Waals surface area contributed by atoms with E-state index in [9.17, 15) is 5.11 Å². The fraction of sp³-hybridized carbons (Fsp3) is 0.250. The second-order valence-electron chi connectivity index (χ2n) is 8.75. The summed E-state index contributed by atoms with van der Waals surface area (Å²) in [6, 6.07) is 26.4. The van der Waals surface area contributed by atoms with Gasteiger partial charge in [-0.05, 0) is 90.6 Å². The van der Waals surface area contributed by atoms with Gasteiger partial charge in [-0.15, -0.1) is 0 Å². The van der Waals surface area contributed by atoms with Crippen LogP contribution in [0.5, 0.6) is 5.88 Å². The summed E-state index contributed by atoms with van der Waals surface area (Å²) in [7, 11) is 5.70. The van der Waals surface area contributed by atoms with Crippen LogP contribution in [0.1, 0.15) is 29.0 Å². The Labute approximate surface area is 223 Å². The predicted octanol–water partition coefficient (Wildman–Crippen LogP) is 6.58. The first-order valence-electron chi connectivity index (χ1n) is 11.1. The fourth-order valence-electron chi connectivity index (χ4n) is 4.46. The molecular weight excluding hydrogens is 603 g/mol. The number of rotatable bonds is 8. The van der Waals surface area contributed by atoms with Gasteiger partial charge in [0, 0.05) is 31.5 Å². The van der Waals surface area contributed by atoms with Gasteiger partial charge in [0.2, 0.25) is 5.88 Å². The summed E-state index contributed by atoms with van der Waals surface area (Å²) >= 11 is 5.88. The van der Waals surface area contributed by atoms with E-state index in [1.165, 1.54) is 0 Å².